The van der Waals surface area contributed by atoms with Crippen LogP contribution in [0.25, 0.3) is 5.65 Å². The first kappa shape index (κ1) is 12.7. The number of nitrogens with two attached hydrogens (primary N) is 1. The fourth-order valence-electron chi connectivity index (χ4n) is 1.88. The second-order valence-corrected chi connectivity index (χ2v) is 5.33. The van der Waals surface area contributed by atoms with E-state index in [1.165, 1.54) is 9.08 Å². The van der Waals surface area contributed by atoms with Gasteiger partial charge < -0.3 is 5.73 Å². The van der Waals surface area contributed by atoms with E-state index in [1.807, 2.05) is 24.3 Å². The van der Waals surface area contributed by atoms with Gasteiger partial charge >= 0.3 is 5.69 Å². The average molecular weight is 287 g/mol. The molecule has 0 unspecified atom stereocenters. The van der Waals surface area contributed by atoms with E-state index in [-0.39, 0.29) is 5.69 Å². The number of thioether (sulfide) groups is 1. The predicted octanol–water partition coefficient (Wildman–Crippen LogP) is 1.27. The first-order chi connectivity index (χ1) is 9.75. The molecule has 3 aromatic heterocycles. The number of nitrogens with zero attached hydrogens (tertiary/aromatic N) is 4. The lowest BCUT2D eigenvalue weighted by Gasteiger charge is -2.03. The van der Waals surface area contributed by atoms with Crippen molar-refractivity contribution in [3.05, 3.63) is 53.3 Å². The third kappa shape index (κ3) is 2.39. The molecule has 7 heteroatoms. The summed E-state index contributed by atoms with van der Waals surface area (Å²) in [7, 11) is 0. The number of anilines is 1. The molecule has 0 aromatic carbocycles. The molecule has 0 radical (unpaired) electrons. The number of aryl methyl sites for hydroxylation is 1. The molecule has 0 spiro atoms. The summed E-state index contributed by atoms with van der Waals surface area (Å²) < 4.78 is 3.01. The number of hydrogen-bond donors (Lipinski definition) is 1. The van der Waals surface area contributed by atoms with Crippen molar-refractivity contribution < 1.29 is 0 Å². The molecule has 0 saturated heterocycles. The summed E-state index contributed by atoms with van der Waals surface area (Å²) in [5, 5.41) is 4.28. The Hall–Kier alpha value is -2.28. The van der Waals surface area contributed by atoms with Gasteiger partial charge in [0.25, 0.3) is 0 Å². The number of pyridine rings is 2. The Bertz CT molecular complexity index is 795. The maximum absolute atomic E-state index is 12.1. The number of nitrogen functional groups attached to an aromatic ring is 1. The zero-order valence-electron chi connectivity index (χ0n) is 10.6. The van der Waals surface area contributed by atoms with Gasteiger partial charge in [0.05, 0.1) is 18.4 Å². The van der Waals surface area contributed by atoms with Gasteiger partial charge in [-0.15, -0.1) is 16.9 Å². The highest BCUT2D eigenvalue weighted by Gasteiger charge is 2.06. The predicted molar refractivity (Wildman–Crippen MR) is 78.8 cm³/mol. The molecule has 0 atom stereocenters. The molecule has 3 heterocycles. The van der Waals surface area contributed by atoms with Crippen LogP contribution in [-0.2, 0) is 6.54 Å². The highest BCUT2D eigenvalue weighted by Crippen LogP contribution is 2.23. The molecule has 2 N–H and O–H groups in total. The van der Waals surface area contributed by atoms with Crippen molar-refractivity contribution in [1.29, 1.82) is 0 Å². The highest BCUT2D eigenvalue weighted by molar-refractivity contribution is 7.99. The van der Waals surface area contributed by atoms with Crippen molar-refractivity contribution in [3.63, 3.8) is 0 Å². The van der Waals surface area contributed by atoms with E-state index in [0.29, 0.717) is 17.9 Å². The highest BCUT2D eigenvalue weighted by atomic mass is 32.2. The van der Waals surface area contributed by atoms with Crippen molar-refractivity contribution >= 4 is 23.1 Å². The zero-order chi connectivity index (χ0) is 13.9. The molecule has 0 bridgehead atoms. The SMILES string of the molecule is Nc1cnccc1SCCn1nc2ccccn2c1=O. The van der Waals surface area contributed by atoms with Crippen LogP contribution in [0, 0.1) is 0 Å². The van der Waals surface area contributed by atoms with Gasteiger partial charge in [-0.3, -0.25) is 9.38 Å². The van der Waals surface area contributed by atoms with E-state index in [2.05, 4.69) is 10.1 Å². The van der Waals surface area contributed by atoms with Gasteiger partial charge in [-0.2, -0.15) is 0 Å². The second kappa shape index (κ2) is 5.38. The molecule has 0 saturated carbocycles. The van der Waals surface area contributed by atoms with Gasteiger partial charge in [0, 0.05) is 23.0 Å². The molecule has 6 nitrogen and oxygen atoms in total. The van der Waals surface area contributed by atoms with Gasteiger partial charge in [-0.05, 0) is 18.2 Å². The molecule has 0 fully saturated rings. The second-order valence-electron chi connectivity index (χ2n) is 4.20. The Morgan fingerprint density at radius 1 is 1.30 bits per heavy atom. The van der Waals surface area contributed by atoms with E-state index < -0.39 is 0 Å². The minimum atomic E-state index is -0.121. The number of fused-ring (bicyclic) bond motifs is 1. The first-order valence-electron chi connectivity index (χ1n) is 6.12. The fourth-order valence-corrected chi connectivity index (χ4v) is 2.74. The van der Waals surface area contributed by atoms with Gasteiger partial charge in [-0.25, -0.2) is 9.48 Å². The van der Waals surface area contributed by atoms with Crippen LogP contribution in [0.5, 0.6) is 0 Å². The largest absolute Gasteiger partial charge is 0.397 e. The van der Waals surface area contributed by atoms with Crippen molar-refractivity contribution in [2.75, 3.05) is 11.5 Å². The molecule has 0 aliphatic heterocycles. The summed E-state index contributed by atoms with van der Waals surface area (Å²) in [6.07, 6.45) is 5.05. The van der Waals surface area contributed by atoms with Crippen LogP contribution in [-0.4, -0.2) is 24.9 Å². The van der Waals surface area contributed by atoms with Crippen LogP contribution in [0.2, 0.25) is 0 Å². The Balaban J connectivity index is 1.73. The normalized spacial score (nSPS) is 11.0. The first-order valence-corrected chi connectivity index (χ1v) is 7.11. The van der Waals surface area contributed by atoms with Crippen LogP contribution in [0.1, 0.15) is 0 Å². The molecule has 0 aliphatic rings. The number of rotatable bonds is 4. The van der Waals surface area contributed by atoms with Gasteiger partial charge in [0.1, 0.15) is 0 Å². The Morgan fingerprint density at radius 3 is 3.00 bits per heavy atom. The molecular weight excluding hydrogens is 274 g/mol. The summed E-state index contributed by atoms with van der Waals surface area (Å²) in [5.74, 6) is 0.720. The lowest BCUT2D eigenvalue weighted by Crippen LogP contribution is -2.21. The Labute approximate surface area is 119 Å². The van der Waals surface area contributed by atoms with Crippen molar-refractivity contribution in [2.24, 2.45) is 0 Å². The molecule has 20 heavy (non-hydrogen) atoms. The van der Waals surface area contributed by atoms with E-state index in [9.17, 15) is 4.79 Å². The molecule has 0 amide bonds. The minimum absolute atomic E-state index is 0.121. The van der Waals surface area contributed by atoms with E-state index >= 15 is 0 Å². The summed E-state index contributed by atoms with van der Waals surface area (Å²) in [4.78, 5) is 17.0. The minimum Gasteiger partial charge on any atom is -0.397 e. The van der Waals surface area contributed by atoms with Crippen LogP contribution in [0.3, 0.4) is 0 Å². The standard InChI is InChI=1S/C13H13N5OS/c14-10-9-15-5-4-11(10)20-8-7-18-13(19)17-6-2-1-3-12(17)16-18/h1-6,9H,7-8,14H2. The van der Waals surface area contributed by atoms with Gasteiger partial charge in [-0.1, -0.05) is 6.07 Å². The van der Waals surface area contributed by atoms with E-state index in [0.717, 1.165) is 10.6 Å². The van der Waals surface area contributed by atoms with Crippen molar-refractivity contribution in [1.82, 2.24) is 19.2 Å². The lowest BCUT2D eigenvalue weighted by atomic mass is 10.4. The third-order valence-corrected chi connectivity index (χ3v) is 3.93. The molecule has 3 rings (SSSR count). The summed E-state index contributed by atoms with van der Waals surface area (Å²) in [6.45, 7) is 0.535. The summed E-state index contributed by atoms with van der Waals surface area (Å²) in [6, 6.07) is 7.35. The topological polar surface area (TPSA) is 78.2 Å². The van der Waals surface area contributed by atoms with E-state index in [4.69, 9.17) is 5.73 Å². The maximum Gasteiger partial charge on any atom is 0.350 e. The monoisotopic (exact) mass is 287 g/mol. The lowest BCUT2D eigenvalue weighted by molar-refractivity contribution is 0.640. The quantitative estimate of drug-likeness (QED) is 0.731. The van der Waals surface area contributed by atoms with Crippen LogP contribution in [0.15, 0.2) is 52.5 Å². The molecule has 102 valence electrons. The summed E-state index contributed by atoms with van der Waals surface area (Å²) in [5.41, 5.74) is 7.01. The number of aromatic nitrogens is 4. The van der Waals surface area contributed by atoms with Gasteiger partial charge in [0.2, 0.25) is 0 Å². The Morgan fingerprint density at radius 2 is 2.20 bits per heavy atom. The molecular formula is C13H13N5OS. The smallest absolute Gasteiger partial charge is 0.350 e. The van der Waals surface area contributed by atoms with E-state index in [1.54, 1.807) is 30.4 Å². The Kier molecular flexibility index (Phi) is 3.42. The fraction of sp³-hybridized carbons (Fsp3) is 0.154. The zero-order valence-corrected chi connectivity index (χ0v) is 11.5. The maximum atomic E-state index is 12.1. The summed E-state index contributed by atoms with van der Waals surface area (Å²) >= 11 is 1.59. The molecule has 3 aromatic rings. The third-order valence-electron chi connectivity index (χ3n) is 2.86. The van der Waals surface area contributed by atoms with Gasteiger partial charge in [0.15, 0.2) is 5.65 Å². The van der Waals surface area contributed by atoms with Crippen LogP contribution < -0.4 is 11.4 Å². The van der Waals surface area contributed by atoms with Crippen LogP contribution in [0.4, 0.5) is 5.69 Å². The van der Waals surface area contributed by atoms with Crippen molar-refractivity contribution in [2.45, 2.75) is 11.4 Å². The molecule has 0 aliphatic carbocycles. The average Bonchev–Trinajstić information content (AvgIpc) is 2.78. The van der Waals surface area contributed by atoms with Crippen molar-refractivity contribution in [3.8, 4) is 0 Å². The number of hydrogen-bond acceptors (Lipinski definition) is 5. The van der Waals surface area contributed by atoms with Crippen LogP contribution >= 0.6 is 11.8 Å².